The highest BCUT2D eigenvalue weighted by molar-refractivity contribution is 7.99. The van der Waals surface area contributed by atoms with Crippen LogP contribution >= 0.6 is 11.8 Å². The van der Waals surface area contributed by atoms with Gasteiger partial charge < -0.3 is 10.1 Å². The van der Waals surface area contributed by atoms with Crippen molar-refractivity contribution in [2.75, 3.05) is 0 Å². The Labute approximate surface area is 117 Å². The summed E-state index contributed by atoms with van der Waals surface area (Å²) in [4.78, 5) is 17.9. The fourth-order valence-corrected chi connectivity index (χ4v) is 2.74. The lowest BCUT2D eigenvalue weighted by atomic mass is 10.3. The van der Waals surface area contributed by atoms with Crippen LogP contribution in [0.2, 0.25) is 0 Å². The molecule has 0 atom stereocenters. The van der Waals surface area contributed by atoms with E-state index in [0.29, 0.717) is 5.03 Å². The van der Waals surface area contributed by atoms with Crippen molar-refractivity contribution in [2.45, 2.75) is 10.1 Å². The number of para-hydroxylation sites is 1. The number of carboxylic acids is 1. The van der Waals surface area contributed by atoms with Crippen molar-refractivity contribution >= 4 is 28.6 Å². The Hall–Kier alpha value is -2.34. The summed E-state index contributed by atoms with van der Waals surface area (Å²) in [5.41, 5.74) is 0.559. The fourth-order valence-electron chi connectivity index (χ4n) is 1.87. The topological polar surface area (TPSA) is 66.0 Å². The smallest absolute Gasteiger partial charge is 0.338 e. The molecule has 6 heteroatoms. The molecule has 0 amide bonds. The molecule has 0 radical (unpaired) electrons. The number of halogens is 1. The molecule has 3 aromatic rings. The number of benzene rings is 1. The van der Waals surface area contributed by atoms with Crippen LogP contribution < -0.4 is 0 Å². The number of aromatic amines is 1. The van der Waals surface area contributed by atoms with E-state index in [0.717, 1.165) is 28.7 Å². The van der Waals surface area contributed by atoms with Crippen LogP contribution in [0.3, 0.4) is 0 Å². The number of nitrogens with one attached hydrogen (secondary N) is 1. The van der Waals surface area contributed by atoms with Gasteiger partial charge in [-0.2, -0.15) is 0 Å². The van der Waals surface area contributed by atoms with E-state index in [1.165, 1.54) is 6.20 Å². The lowest BCUT2D eigenvalue weighted by Gasteiger charge is -2.02. The van der Waals surface area contributed by atoms with E-state index in [1.807, 2.05) is 30.3 Å². The molecule has 0 aliphatic heterocycles. The first-order valence-corrected chi connectivity index (χ1v) is 6.60. The lowest BCUT2D eigenvalue weighted by Crippen LogP contribution is -2.02. The van der Waals surface area contributed by atoms with Crippen molar-refractivity contribution in [3.8, 4) is 0 Å². The summed E-state index contributed by atoms with van der Waals surface area (Å²) in [7, 11) is 0. The van der Waals surface area contributed by atoms with E-state index < -0.39 is 11.8 Å². The van der Waals surface area contributed by atoms with Crippen LogP contribution in [0.15, 0.2) is 52.6 Å². The second kappa shape index (κ2) is 4.97. The van der Waals surface area contributed by atoms with Crippen LogP contribution in [0.25, 0.3) is 10.9 Å². The molecule has 0 saturated carbocycles. The van der Waals surface area contributed by atoms with Crippen molar-refractivity contribution in [1.82, 2.24) is 9.97 Å². The normalized spacial score (nSPS) is 10.8. The summed E-state index contributed by atoms with van der Waals surface area (Å²) in [6.45, 7) is 0. The number of hydrogen-bond donors (Lipinski definition) is 2. The third kappa shape index (κ3) is 2.25. The molecule has 2 heterocycles. The average molecular weight is 288 g/mol. The maximum atomic E-state index is 14.0. The van der Waals surface area contributed by atoms with E-state index in [2.05, 4.69) is 9.97 Å². The first kappa shape index (κ1) is 12.7. The van der Waals surface area contributed by atoms with E-state index >= 15 is 0 Å². The minimum absolute atomic E-state index is 0.0384. The van der Waals surface area contributed by atoms with Crippen LogP contribution in [-0.2, 0) is 0 Å². The quantitative estimate of drug-likeness (QED) is 0.773. The third-order valence-corrected chi connectivity index (χ3v) is 3.72. The summed E-state index contributed by atoms with van der Waals surface area (Å²) in [6, 6.07) is 10.7. The summed E-state index contributed by atoms with van der Waals surface area (Å²) in [5, 5.41) is 10.6. The van der Waals surface area contributed by atoms with E-state index in [-0.39, 0.29) is 10.6 Å². The van der Waals surface area contributed by atoms with Gasteiger partial charge in [-0.15, -0.1) is 0 Å². The Morgan fingerprint density at radius 2 is 2.10 bits per heavy atom. The number of aromatic nitrogens is 2. The van der Waals surface area contributed by atoms with E-state index in [4.69, 9.17) is 5.11 Å². The van der Waals surface area contributed by atoms with Gasteiger partial charge in [-0.25, -0.2) is 14.2 Å². The Balaban J connectivity index is 1.98. The molecule has 0 aliphatic carbocycles. The zero-order valence-electron chi connectivity index (χ0n) is 10.1. The summed E-state index contributed by atoms with van der Waals surface area (Å²) >= 11 is 1.07. The Morgan fingerprint density at radius 1 is 1.30 bits per heavy atom. The monoisotopic (exact) mass is 288 g/mol. The molecule has 2 N–H and O–H groups in total. The van der Waals surface area contributed by atoms with Gasteiger partial charge in [0.1, 0.15) is 5.03 Å². The highest BCUT2D eigenvalue weighted by Gasteiger charge is 2.16. The fraction of sp³-hybridized carbons (Fsp3) is 0. The Kier molecular flexibility index (Phi) is 3.15. The highest BCUT2D eigenvalue weighted by atomic mass is 32.2. The van der Waals surface area contributed by atoms with Gasteiger partial charge in [-0.1, -0.05) is 18.2 Å². The van der Waals surface area contributed by atoms with E-state index in [1.54, 1.807) is 0 Å². The maximum Gasteiger partial charge on any atom is 0.338 e. The van der Waals surface area contributed by atoms with Gasteiger partial charge in [-0.05, 0) is 30.0 Å². The molecular formula is C14H9FN2O2S. The molecule has 0 bridgehead atoms. The van der Waals surface area contributed by atoms with Gasteiger partial charge in [0.05, 0.1) is 10.6 Å². The second-order valence-electron chi connectivity index (χ2n) is 4.11. The van der Waals surface area contributed by atoms with Crippen molar-refractivity contribution in [2.24, 2.45) is 0 Å². The minimum Gasteiger partial charge on any atom is -0.478 e. The summed E-state index contributed by atoms with van der Waals surface area (Å²) in [5.74, 6) is -2.12. The zero-order chi connectivity index (χ0) is 14.1. The maximum absolute atomic E-state index is 14.0. The minimum atomic E-state index is -1.30. The lowest BCUT2D eigenvalue weighted by molar-refractivity contribution is 0.0691. The first-order chi connectivity index (χ1) is 9.65. The van der Waals surface area contributed by atoms with Crippen LogP contribution in [0.5, 0.6) is 0 Å². The standard InChI is InChI=1S/C14H9FN2O2S/c15-12-9(14(18)19)5-6-16-13(12)20-11-7-8-3-1-2-4-10(8)17-11/h1-7,17H,(H,18,19). The predicted octanol–water partition coefficient (Wildman–Crippen LogP) is 3.55. The molecule has 0 fully saturated rings. The van der Waals surface area contributed by atoms with Crippen LogP contribution in [-0.4, -0.2) is 21.0 Å². The number of fused-ring (bicyclic) bond motifs is 1. The van der Waals surface area contributed by atoms with Crippen LogP contribution in [0, 0.1) is 5.82 Å². The molecule has 0 spiro atoms. The van der Waals surface area contributed by atoms with Crippen molar-refractivity contribution in [1.29, 1.82) is 0 Å². The Bertz CT molecular complexity index is 768. The van der Waals surface area contributed by atoms with Gasteiger partial charge in [0, 0.05) is 17.1 Å². The number of rotatable bonds is 3. The SMILES string of the molecule is O=C(O)c1ccnc(Sc2cc3ccccc3[nH]2)c1F. The molecule has 1 aromatic carbocycles. The van der Waals surface area contributed by atoms with E-state index in [9.17, 15) is 9.18 Å². The number of H-pyrrole nitrogens is 1. The Morgan fingerprint density at radius 3 is 2.85 bits per heavy atom. The number of hydrogen-bond acceptors (Lipinski definition) is 3. The number of aromatic carboxylic acids is 1. The second-order valence-corrected chi connectivity index (χ2v) is 5.14. The molecule has 100 valence electrons. The van der Waals surface area contributed by atoms with Crippen LogP contribution in [0.1, 0.15) is 10.4 Å². The molecule has 4 nitrogen and oxygen atoms in total. The summed E-state index contributed by atoms with van der Waals surface area (Å²) < 4.78 is 14.0. The summed E-state index contributed by atoms with van der Waals surface area (Å²) in [6.07, 6.45) is 1.29. The zero-order valence-corrected chi connectivity index (χ0v) is 10.9. The van der Waals surface area contributed by atoms with Crippen molar-refractivity contribution < 1.29 is 14.3 Å². The molecule has 0 aliphatic rings. The number of nitrogens with zero attached hydrogens (tertiary/aromatic N) is 1. The van der Waals surface area contributed by atoms with Crippen molar-refractivity contribution in [3.63, 3.8) is 0 Å². The third-order valence-electron chi connectivity index (χ3n) is 2.80. The highest BCUT2D eigenvalue weighted by Crippen LogP contribution is 2.30. The number of carboxylic acid groups (broad SMARTS) is 1. The molecular weight excluding hydrogens is 279 g/mol. The molecule has 0 saturated heterocycles. The molecule has 20 heavy (non-hydrogen) atoms. The van der Waals surface area contributed by atoms with Gasteiger partial charge in [-0.3, -0.25) is 0 Å². The van der Waals surface area contributed by atoms with Gasteiger partial charge in [0.15, 0.2) is 5.82 Å². The first-order valence-electron chi connectivity index (χ1n) is 5.78. The molecule has 3 rings (SSSR count). The van der Waals surface area contributed by atoms with Crippen molar-refractivity contribution in [3.05, 3.63) is 54.0 Å². The van der Waals surface area contributed by atoms with Gasteiger partial charge in [0.2, 0.25) is 0 Å². The predicted molar refractivity (Wildman–Crippen MR) is 73.6 cm³/mol. The molecule has 0 unspecified atom stereocenters. The molecule has 2 aromatic heterocycles. The van der Waals surface area contributed by atoms with Crippen LogP contribution in [0.4, 0.5) is 4.39 Å². The number of pyridine rings is 1. The average Bonchev–Trinajstić information content (AvgIpc) is 2.83. The van der Waals surface area contributed by atoms with Gasteiger partial charge >= 0.3 is 5.97 Å². The largest absolute Gasteiger partial charge is 0.478 e. The van der Waals surface area contributed by atoms with Gasteiger partial charge in [0.25, 0.3) is 0 Å². The number of carbonyl (C=O) groups is 1.